The number of ether oxygens (including phenoxy) is 1. The van der Waals surface area contributed by atoms with Crippen LogP contribution in [-0.2, 0) is 10.0 Å². The van der Waals surface area contributed by atoms with Crippen molar-refractivity contribution in [2.45, 2.75) is 11.8 Å². The Hall–Kier alpha value is -2.74. The fourth-order valence-corrected chi connectivity index (χ4v) is 4.12. The standard InChI is InChI=1S/C21H18Cl2N2O4S/c1-13-3-5-14(6-4-13)21(26)24-19-12-16(8-10-20(19)29-2)30(27,28)25-18-11-15(22)7-9-17(18)23/h3-12,25H,1-2H3,(H,24,26). The predicted molar refractivity (Wildman–Crippen MR) is 119 cm³/mol. The van der Waals surface area contributed by atoms with Crippen LogP contribution in [0.3, 0.4) is 0 Å². The van der Waals surface area contributed by atoms with Crippen LogP contribution < -0.4 is 14.8 Å². The van der Waals surface area contributed by atoms with Crippen LogP contribution >= 0.6 is 23.2 Å². The smallest absolute Gasteiger partial charge is 0.262 e. The molecule has 6 nitrogen and oxygen atoms in total. The predicted octanol–water partition coefficient (Wildman–Crippen LogP) is 5.36. The fraction of sp³-hybridized carbons (Fsp3) is 0.0952. The highest BCUT2D eigenvalue weighted by Crippen LogP contribution is 2.31. The van der Waals surface area contributed by atoms with Crippen molar-refractivity contribution in [1.82, 2.24) is 0 Å². The molecule has 30 heavy (non-hydrogen) atoms. The summed E-state index contributed by atoms with van der Waals surface area (Å²) in [6.07, 6.45) is 0. The molecule has 0 aliphatic carbocycles. The molecule has 3 aromatic carbocycles. The molecule has 2 N–H and O–H groups in total. The lowest BCUT2D eigenvalue weighted by Gasteiger charge is -2.14. The number of methoxy groups -OCH3 is 1. The maximum absolute atomic E-state index is 12.8. The van der Waals surface area contributed by atoms with Crippen molar-refractivity contribution in [1.29, 1.82) is 0 Å². The molecule has 3 aromatic rings. The average molecular weight is 465 g/mol. The first kappa shape index (κ1) is 22.0. The van der Waals surface area contributed by atoms with Crippen molar-refractivity contribution < 1.29 is 17.9 Å². The van der Waals surface area contributed by atoms with E-state index in [0.29, 0.717) is 16.3 Å². The first-order valence-corrected chi connectivity index (χ1v) is 11.0. The van der Waals surface area contributed by atoms with Crippen molar-refractivity contribution in [2.24, 2.45) is 0 Å². The Balaban J connectivity index is 1.92. The van der Waals surface area contributed by atoms with E-state index in [9.17, 15) is 13.2 Å². The molecule has 156 valence electrons. The number of carbonyl (C=O) groups is 1. The third-order valence-corrected chi connectivity index (χ3v) is 6.14. The molecule has 0 aliphatic heterocycles. The van der Waals surface area contributed by atoms with Crippen LogP contribution in [0.2, 0.25) is 10.0 Å². The van der Waals surface area contributed by atoms with Crippen molar-refractivity contribution in [2.75, 3.05) is 17.1 Å². The number of sulfonamides is 1. The maximum Gasteiger partial charge on any atom is 0.262 e. The molecule has 0 bridgehead atoms. The van der Waals surface area contributed by atoms with Crippen LogP contribution in [0.15, 0.2) is 65.6 Å². The SMILES string of the molecule is COc1ccc(S(=O)(=O)Nc2cc(Cl)ccc2Cl)cc1NC(=O)c1ccc(C)cc1. The fourth-order valence-electron chi connectivity index (χ4n) is 2.63. The molecule has 0 unspecified atom stereocenters. The topological polar surface area (TPSA) is 84.5 Å². The number of nitrogens with one attached hydrogen (secondary N) is 2. The molecule has 0 atom stereocenters. The van der Waals surface area contributed by atoms with E-state index in [1.165, 1.54) is 37.4 Å². The molecule has 0 aromatic heterocycles. The Morgan fingerprint density at radius 3 is 2.30 bits per heavy atom. The minimum Gasteiger partial charge on any atom is -0.495 e. The number of anilines is 2. The van der Waals surface area contributed by atoms with Crippen molar-refractivity contribution in [3.05, 3.63) is 81.8 Å². The molecule has 0 saturated carbocycles. The van der Waals surface area contributed by atoms with Gasteiger partial charge < -0.3 is 10.1 Å². The molecular weight excluding hydrogens is 447 g/mol. The molecule has 1 amide bonds. The van der Waals surface area contributed by atoms with Gasteiger partial charge in [0.1, 0.15) is 5.75 Å². The van der Waals surface area contributed by atoms with Gasteiger partial charge in [-0.1, -0.05) is 40.9 Å². The number of hydrogen-bond donors (Lipinski definition) is 2. The van der Waals surface area contributed by atoms with E-state index in [4.69, 9.17) is 27.9 Å². The molecular formula is C21H18Cl2N2O4S. The van der Waals surface area contributed by atoms with Crippen molar-refractivity contribution in [3.8, 4) is 5.75 Å². The lowest BCUT2D eigenvalue weighted by Crippen LogP contribution is -2.16. The van der Waals surface area contributed by atoms with Gasteiger partial charge in [0, 0.05) is 10.6 Å². The number of carbonyl (C=O) groups excluding carboxylic acids is 1. The first-order valence-electron chi connectivity index (χ1n) is 8.73. The summed E-state index contributed by atoms with van der Waals surface area (Å²) in [5.74, 6) is -0.0797. The molecule has 0 aliphatic rings. The van der Waals surface area contributed by atoms with Gasteiger partial charge in [0.15, 0.2) is 0 Å². The van der Waals surface area contributed by atoms with E-state index in [0.717, 1.165) is 5.56 Å². The van der Waals surface area contributed by atoms with Gasteiger partial charge in [0.25, 0.3) is 15.9 Å². The minimum absolute atomic E-state index is 0.0847. The normalized spacial score (nSPS) is 11.1. The zero-order valence-corrected chi connectivity index (χ0v) is 18.4. The first-order chi connectivity index (χ1) is 14.2. The van der Waals surface area contributed by atoms with E-state index in [2.05, 4.69) is 10.0 Å². The van der Waals surface area contributed by atoms with Gasteiger partial charge in [-0.25, -0.2) is 8.42 Å². The van der Waals surface area contributed by atoms with E-state index >= 15 is 0 Å². The molecule has 3 rings (SSSR count). The van der Waals surface area contributed by atoms with Crippen molar-refractivity contribution >= 4 is 50.5 Å². The third kappa shape index (κ3) is 5.05. The number of hydrogen-bond acceptors (Lipinski definition) is 4. The van der Waals surface area contributed by atoms with Crippen LogP contribution in [0.5, 0.6) is 5.75 Å². The summed E-state index contributed by atoms with van der Waals surface area (Å²) < 4.78 is 33.3. The lowest BCUT2D eigenvalue weighted by molar-refractivity contribution is 0.102. The average Bonchev–Trinajstić information content (AvgIpc) is 2.71. The highest BCUT2D eigenvalue weighted by Gasteiger charge is 2.19. The van der Waals surface area contributed by atoms with E-state index in [1.807, 2.05) is 19.1 Å². The number of rotatable bonds is 6. The lowest BCUT2D eigenvalue weighted by atomic mass is 10.1. The number of aryl methyl sites for hydroxylation is 1. The number of halogens is 2. The Morgan fingerprint density at radius 2 is 1.63 bits per heavy atom. The largest absolute Gasteiger partial charge is 0.495 e. The molecule has 0 spiro atoms. The number of amides is 1. The zero-order valence-electron chi connectivity index (χ0n) is 16.1. The highest BCUT2D eigenvalue weighted by molar-refractivity contribution is 7.92. The Kier molecular flexibility index (Phi) is 6.55. The summed E-state index contributed by atoms with van der Waals surface area (Å²) in [5, 5.41) is 3.22. The van der Waals surface area contributed by atoms with Crippen LogP contribution in [0.1, 0.15) is 15.9 Å². The van der Waals surface area contributed by atoms with E-state index in [1.54, 1.807) is 18.2 Å². The van der Waals surface area contributed by atoms with Gasteiger partial charge in [0.2, 0.25) is 0 Å². The quantitative estimate of drug-likeness (QED) is 0.513. The van der Waals surface area contributed by atoms with E-state index < -0.39 is 15.9 Å². The highest BCUT2D eigenvalue weighted by atomic mass is 35.5. The maximum atomic E-state index is 12.8. The van der Waals surface area contributed by atoms with Crippen LogP contribution in [0.4, 0.5) is 11.4 Å². The zero-order chi connectivity index (χ0) is 21.9. The molecule has 0 radical (unpaired) electrons. The molecule has 0 saturated heterocycles. The van der Waals surface area contributed by atoms with E-state index in [-0.39, 0.29) is 21.3 Å². The van der Waals surface area contributed by atoms with Crippen LogP contribution in [0, 0.1) is 6.92 Å². The van der Waals surface area contributed by atoms with Gasteiger partial charge in [-0.15, -0.1) is 0 Å². The minimum atomic E-state index is -4.01. The summed E-state index contributed by atoms with van der Waals surface area (Å²) in [4.78, 5) is 12.5. The third-order valence-electron chi connectivity index (χ3n) is 4.22. The van der Waals surface area contributed by atoms with Gasteiger partial charge >= 0.3 is 0 Å². The summed E-state index contributed by atoms with van der Waals surface area (Å²) in [7, 11) is -2.58. The second kappa shape index (κ2) is 8.95. The molecule has 0 fully saturated rings. The van der Waals surface area contributed by atoms with Crippen molar-refractivity contribution in [3.63, 3.8) is 0 Å². The monoisotopic (exact) mass is 464 g/mol. The number of benzene rings is 3. The second-order valence-corrected chi connectivity index (χ2v) is 8.94. The summed E-state index contributed by atoms with van der Waals surface area (Å²) in [6.45, 7) is 1.91. The second-order valence-electron chi connectivity index (χ2n) is 6.41. The van der Waals surface area contributed by atoms with Gasteiger partial charge in [-0.2, -0.15) is 0 Å². The summed E-state index contributed by atoms with van der Waals surface area (Å²) in [5.41, 5.74) is 1.80. The summed E-state index contributed by atoms with van der Waals surface area (Å²) >= 11 is 12.0. The summed E-state index contributed by atoms with van der Waals surface area (Å²) in [6, 6.07) is 15.6. The molecule has 9 heteroatoms. The van der Waals surface area contributed by atoms with Crippen LogP contribution in [0.25, 0.3) is 0 Å². The van der Waals surface area contributed by atoms with Gasteiger partial charge in [-0.05, 0) is 55.5 Å². The Bertz CT molecular complexity index is 1200. The Morgan fingerprint density at radius 1 is 0.933 bits per heavy atom. The van der Waals surface area contributed by atoms with Gasteiger partial charge in [-0.3, -0.25) is 9.52 Å². The van der Waals surface area contributed by atoms with Crippen LogP contribution in [-0.4, -0.2) is 21.4 Å². The Labute approximate surface area is 184 Å². The molecule has 0 heterocycles. The van der Waals surface area contributed by atoms with Gasteiger partial charge in [0.05, 0.1) is 28.4 Å².